The van der Waals surface area contributed by atoms with E-state index in [1.807, 2.05) is 43.3 Å². The maximum atomic E-state index is 11.3. The Morgan fingerprint density at radius 2 is 2.05 bits per heavy atom. The molecule has 21 heavy (non-hydrogen) atoms. The molecule has 0 amide bonds. The smallest absolute Gasteiger partial charge is 0.310 e. The Kier molecular flexibility index (Phi) is 3.83. The van der Waals surface area contributed by atoms with E-state index in [0.29, 0.717) is 11.4 Å². The number of rotatable bonds is 3. The number of hydrogen-bond donors (Lipinski definition) is 2. The third kappa shape index (κ3) is 2.74. The Hall–Kier alpha value is -1.65. The molecular formula is C16H14ClNO2S. The highest BCUT2D eigenvalue weighted by Crippen LogP contribution is 2.45. The summed E-state index contributed by atoms with van der Waals surface area (Å²) < 4.78 is 0. The first-order valence-electron chi connectivity index (χ1n) is 6.69. The molecule has 0 spiro atoms. The number of halogens is 1. The summed E-state index contributed by atoms with van der Waals surface area (Å²) in [4.78, 5) is 13.4. The zero-order valence-electron chi connectivity index (χ0n) is 11.4. The fourth-order valence-corrected chi connectivity index (χ4v) is 3.70. The number of carboxylic acid groups (broad SMARTS) is 1. The van der Waals surface area contributed by atoms with Crippen molar-refractivity contribution in [1.82, 2.24) is 0 Å². The molecule has 0 saturated carbocycles. The van der Waals surface area contributed by atoms with Crippen LogP contribution in [-0.2, 0) is 4.79 Å². The maximum absolute atomic E-state index is 11.3. The number of carbonyl (C=O) groups is 1. The number of carboxylic acids is 1. The van der Waals surface area contributed by atoms with Gasteiger partial charge < -0.3 is 10.4 Å². The lowest BCUT2D eigenvalue weighted by Crippen LogP contribution is -2.11. The van der Waals surface area contributed by atoms with Crippen molar-refractivity contribution in [3.8, 4) is 0 Å². The van der Waals surface area contributed by atoms with E-state index >= 15 is 0 Å². The van der Waals surface area contributed by atoms with Gasteiger partial charge in [0.25, 0.3) is 0 Å². The Bertz CT molecular complexity index is 717. The van der Waals surface area contributed by atoms with E-state index < -0.39 is 11.9 Å². The lowest BCUT2D eigenvalue weighted by molar-refractivity contribution is -0.138. The predicted molar refractivity (Wildman–Crippen MR) is 86.0 cm³/mol. The molecule has 1 aliphatic rings. The van der Waals surface area contributed by atoms with Crippen LogP contribution >= 0.6 is 23.4 Å². The summed E-state index contributed by atoms with van der Waals surface area (Å²) in [5.41, 5.74) is 2.78. The van der Waals surface area contributed by atoms with Crippen molar-refractivity contribution in [2.45, 2.75) is 29.1 Å². The second kappa shape index (κ2) is 5.62. The molecule has 2 aromatic rings. The van der Waals surface area contributed by atoms with Gasteiger partial charge in [-0.3, -0.25) is 4.79 Å². The fourth-order valence-electron chi connectivity index (χ4n) is 2.45. The molecule has 0 aliphatic carbocycles. The van der Waals surface area contributed by atoms with Gasteiger partial charge in [-0.15, -0.1) is 0 Å². The highest BCUT2D eigenvalue weighted by molar-refractivity contribution is 7.99. The molecular weight excluding hydrogens is 306 g/mol. The van der Waals surface area contributed by atoms with Crippen LogP contribution in [0.1, 0.15) is 24.8 Å². The minimum Gasteiger partial charge on any atom is -0.481 e. The Morgan fingerprint density at radius 3 is 2.76 bits per heavy atom. The van der Waals surface area contributed by atoms with Crippen molar-refractivity contribution in [1.29, 1.82) is 0 Å². The molecule has 5 heteroatoms. The van der Waals surface area contributed by atoms with Crippen molar-refractivity contribution in [3.05, 3.63) is 47.0 Å². The molecule has 0 radical (unpaired) electrons. The first kappa shape index (κ1) is 14.3. The van der Waals surface area contributed by atoms with Gasteiger partial charge in [0.2, 0.25) is 0 Å². The largest absolute Gasteiger partial charge is 0.481 e. The Labute approximate surface area is 132 Å². The van der Waals surface area contributed by atoms with Gasteiger partial charge in [-0.05, 0) is 42.3 Å². The Morgan fingerprint density at radius 1 is 1.24 bits per heavy atom. The summed E-state index contributed by atoms with van der Waals surface area (Å²) in [6.07, 6.45) is 0.577. The molecule has 1 heterocycles. The van der Waals surface area contributed by atoms with Crippen LogP contribution in [0, 0.1) is 0 Å². The maximum Gasteiger partial charge on any atom is 0.310 e. The van der Waals surface area contributed by atoms with Gasteiger partial charge in [0, 0.05) is 14.8 Å². The van der Waals surface area contributed by atoms with Crippen LogP contribution in [0.3, 0.4) is 0 Å². The molecule has 0 aromatic heterocycles. The zero-order valence-corrected chi connectivity index (χ0v) is 13.0. The van der Waals surface area contributed by atoms with E-state index in [2.05, 4.69) is 5.32 Å². The number of benzene rings is 2. The molecule has 1 aliphatic heterocycles. The van der Waals surface area contributed by atoms with Crippen molar-refractivity contribution in [3.63, 3.8) is 0 Å². The molecule has 2 aromatic carbocycles. The van der Waals surface area contributed by atoms with Crippen molar-refractivity contribution in [2.75, 3.05) is 5.32 Å². The van der Waals surface area contributed by atoms with Gasteiger partial charge in [-0.1, -0.05) is 36.4 Å². The van der Waals surface area contributed by atoms with Crippen molar-refractivity contribution >= 4 is 40.7 Å². The third-order valence-electron chi connectivity index (χ3n) is 3.55. The summed E-state index contributed by atoms with van der Waals surface area (Å²) in [6, 6.07) is 11.5. The number of hydrogen-bond acceptors (Lipinski definition) is 3. The van der Waals surface area contributed by atoms with Gasteiger partial charge in [0.15, 0.2) is 0 Å². The number of aliphatic carboxylic acids is 1. The topological polar surface area (TPSA) is 49.3 Å². The Balaban J connectivity index is 1.97. The van der Waals surface area contributed by atoms with E-state index in [-0.39, 0.29) is 0 Å². The molecule has 0 saturated heterocycles. The molecule has 0 fully saturated rings. The molecule has 3 nitrogen and oxygen atoms in total. The van der Waals surface area contributed by atoms with E-state index in [4.69, 9.17) is 11.6 Å². The van der Waals surface area contributed by atoms with Gasteiger partial charge >= 0.3 is 5.97 Å². The average Bonchev–Trinajstić information content (AvgIpc) is 2.45. The second-order valence-electron chi connectivity index (χ2n) is 4.92. The van der Waals surface area contributed by atoms with Gasteiger partial charge in [-0.25, -0.2) is 0 Å². The summed E-state index contributed by atoms with van der Waals surface area (Å²) in [5.74, 6) is -1.25. The average molecular weight is 320 g/mol. The molecule has 0 bridgehead atoms. The van der Waals surface area contributed by atoms with Crippen LogP contribution in [0.2, 0.25) is 5.02 Å². The van der Waals surface area contributed by atoms with E-state index in [9.17, 15) is 9.90 Å². The first-order valence-corrected chi connectivity index (χ1v) is 7.89. The van der Waals surface area contributed by atoms with Gasteiger partial charge in [0.05, 0.1) is 17.3 Å². The van der Waals surface area contributed by atoms with Crippen molar-refractivity contribution in [2.24, 2.45) is 0 Å². The SMILES string of the molecule is CCC(C(=O)O)c1ccc2c(c1)Nc1ccc(Cl)cc1S2. The standard InChI is InChI=1S/C16H14ClNO2S/c1-2-11(16(19)20)9-3-6-14-13(7-9)18-12-5-4-10(17)8-15(12)21-14/h3-8,11,18H,2H2,1H3,(H,19,20). The van der Waals surface area contributed by atoms with Crippen LogP contribution in [0.15, 0.2) is 46.2 Å². The molecule has 3 rings (SSSR count). The monoisotopic (exact) mass is 319 g/mol. The third-order valence-corrected chi connectivity index (χ3v) is 4.91. The van der Waals surface area contributed by atoms with Crippen LogP contribution < -0.4 is 5.32 Å². The van der Waals surface area contributed by atoms with Gasteiger partial charge in [0.1, 0.15) is 0 Å². The first-order chi connectivity index (χ1) is 10.1. The van der Waals surface area contributed by atoms with E-state index in [0.717, 1.165) is 26.7 Å². The van der Waals surface area contributed by atoms with E-state index in [1.165, 1.54) is 0 Å². The summed E-state index contributed by atoms with van der Waals surface area (Å²) in [5, 5.41) is 13.3. The fraction of sp³-hybridized carbons (Fsp3) is 0.188. The van der Waals surface area contributed by atoms with Crippen LogP contribution in [0.25, 0.3) is 0 Å². The van der Waals surface area contributed by atoms with Crippen LogP contribution in [0.4, 0.5) is 11.4 Å². The van der Waals surface area contributed by atoms with E-state index in [1.54, 1.807) is 11.8 Å². The molecule has 108 valence electrons. The van der Waals surface area contributed by atoms with Gasteiger partial charge in [-0.2, -0.15) is 0 Å². The summed E-state index contributed by atoms with van der Waals surface area (Å²) in [6.45, 7) is 1.89. The predicted octanol–water partition coefficient (Wildman–Crippen LogP) is 5.13. The molecule has 1 atom stereocenters. The number of fused-ring (bicyclic) bond motifs is 2. The zero-order chi connectivity index (χ0) is 15.0. The summed E-state index contributed by atoms with van der Waals surface area (Å²) in [7, 11) is 0. The minimum atomic E-state index is -0.784. The number of anilines is 2. The highest BCUT2D eigenvalue weighted by atomic mass is 35.5. The lowest BCUT2D eigenvalue weighted by Gasteiger charge is -2.22. The van der Waals surface area contributed by atoms with Crippen molar-refractivity contribution < 1.29 is 9.90 Å². The summed E-state index contributed by atoms with van der Waals surface area (Å²) >= 11 is 7.66. The number of nitrogens with one attached hydrogen (secondary N) is 1. The second-order valence-corrected chi connectivity index (χ2v) is 6.44. The van der Waals surface area contributed by atoms with Crippen LogP contribution in [0.5, 0.6) is 0 Å². The molecule has 2 N–H and O–H groups in total. The quantitative estimate of drug-likeness (QED) is 0.703. The highest BCUT2D eigenvalue weighted by Gasteiger charge is 2.21. The normalized spacial score (nSPS) is 13.8. The minimum absolute atomic E-state index is 0.464. The lowest BCUT2D eigenvalue weighted by atomic mass is 9.96. The molecule has 1 unspecified atom stereocenters. The van der Waals surface area contributed by atoms with Crippen LogP contribution in [-0.4, -0.2) is 11.1 Å².